The summed E-state index contributed by atoms with van der Waals surface area (Å²) in [7, 11) is 0. The summed E-state index contributed by atoms with van der Waals surface area (Å²) in [5.74, 6) is -0.358. The minimum Gasteiger partial charge on any atom is -0.337 e. The molecule has 1 aliphatic rings. The smallest absolute Gasteiger partial charge is 0.264 e. The van der Waals surface area contributed by atoms with Gasteiger partial charge in [-0.1, -0.05) is 12.1 Å². The quantitative estimate of drug-likeness (QED) is 0.893. The average Bonchev–Trinajstić information content (AvgIpc) is 2.93. The molecule has 7 heteroatoms. The maximum Gasteiger partial charge on any atom is 0.264 e. The van der Waals surface area contributed by atoms with Gasteiger partial charge in [0.2, 0.25) is 5.91 Å². The molecule has 0 aliphatic carbocycles. The predicted octanol–water partition coefficient (Wildman–Crippen LogP) is 3.19. The Balaban J connectivity index is 1.57. The largest absolute Gasteiger partial charge is 0.337 e. The van der Waals surface area contributed by atoms with E-state index < -0.39 is 0 Å². The lowest BCUT2D eigenvalue weighted by Crippen LogP contribution is -2.34. The van der Waals surface area contributed by atoms with Crippen LogP contribution in [0.2, 0.25) is 0 Å². The first-order valence-electron chi connectivity index (χ1n) is 8.65. The molecule has 1 aromatic heterocycles. The van der Waals surface area contributed by atoms with Crippen LogP contribution in [-0.2, 0) is 11.3 Å². The lowest BCUT2D eigenvalue weighted by atomic mass is 10.2. The Morgan fingerprint density at radius 1 is 1.08 bits per heavy atom. The van der Waals surface area contributed by atoms with Crippen molar-refractivity contribution in [2.75, 3.05) is 31.5 Å². The summed E-state index contributed by atoms with van der Waals surface area (Å²) in [6.45, 7) is 5.27. The van der Waals surface area contributed by atoms with Crippen molar-refractivity contribution in [1.82, 2.24) is 9.80 Å². The van der Waals surface area contributed by atoms with Crippen LogP contribution in [-0.4, -0.2) is 47.8 Å². The van der Waals surface area contributed by atoms with Crippen LogP contribution in [0.4, 0.5) is 9.39 Å². The zero-order valence-corrected chi connectivity index (χ0v) is 15.5. The van der Waals surface area contributed by atoms with Gasteiger partial charge in [0.05, 0.1) is 9.88 Å². The van der Waals surface area contributed by atoms with Gasteiger partial charge in [0.1, 0.15) is 5.82 Å². The summed E-state index contributed by atoms with van der Waals surface area (Å²) in [6.07, 6.45) is 0.900. The molecule has 1 fully saturated rings. The molecule has 138 valence electrons. The molecule has 1 N–H and O–H groups in total. The average molecular weight is 375 g/mol. The Bertz CT molecular complexity index is 775. The molecule has 2 heterocycles. The zero-order chi connectivity index (χ0) is 18.5. The Hall–Kier alpha value is -2.25. The summed E-state index contributed by atoms with van der Waals surface area (Å²) in [4.78, 5) is 28.6. The number of rotatable bonds is 4. The van der Waals surface area contributed by atoms with Crippen LogP contribution in [0, 0.1) is 5.82 Å². The molecule has 0 atom stereocenters. The van der Waals surface area contributed by atoms with Crippen LogP contribution >= 0.6 is 11.3 Å². The molecule has 2 amide bonds. The Labute approximate surface area is 156 Å². The lowest BCUT2D eigenvalue weighted by molar-refractivity contribution is -0.114. The molecular weight excluding hydrogens is 353 g/mol. The van der Waals surface area contributed by atoms with Gasteiger partial charge in [0.15, 0.2) is 0 Å². The number of thiophene rings is 1. The first-order chi connectivity index (χ1) is 12.5. The molecular formula is C19H22FN3O2S. The van der Waals surface area contributed by atoms with Crippen LogP contribution in [0.3, 0.4) is 0 Å². The molecule has 0 radical (unpaired) electrons. The van der Waals surface area contributed by atoms with Gasteiger partial charge in [-0.2, -0.15) is 0 Å². The van der Waals surface area contributed by atoms with E-state index in [4.69, 9.17) is 0 Å². The fraction of sp³-hybridized carbons (Fsp3) is 0.368. The highest BCUT2D eigenvalue weighted by molar-refractivity contribution is 7.18. The monoisotopic (exact) mass is 375 g/mol. The molecule has 1 aliphatic heterocycles. The third-order valence-electron chi connectivity index (χ3n) is 4.31. The number of hydrogen-bond acceptors (Lipinski definition) is 4. The van der Waals surface area contributed by atoms with Gasteiger partial charge in [-0.3, -0.25) is 14.5 Å². The number of amides is 2. The Kier molecular flexibility index (Phi) is 6.00. The van der Waals surface area contributed by atoms with Gasteiger partial charge >= 0.3 is 0 Å². The minimum absolute atomic E-state index is 0.00948. The summed E-state index contributed by atoms with van der Waals surface area (Å²) < 4.78 is 13.0. The molecule has 1 saturated heterocycles. The van der Waals surface area contributed by atoms with Crippen molar-refractivity contribution < 1.29 is 14.0 Å². The van der Waals surface area contributed by atoms with E-state index in [2.05, 4.69) is 10.2 Å². The fourth-order valence-corrected chi connectivity index (χ4v) is 3.95. The van der Waals surface area contributed by atoms with Crippen molar-refractivity contribution >= 4 is 28.2 Å². The molecule has 3 rings (SSSR count). The van der Waals surface area contributed by atoms with Gasteiger partial charge < -0.3 is 10.2 Å². The number of nitrogens with zero attached hydrogens (tertiary/aromatic N) is 2. The highest BCUT2D eigenvalue weighted by atomic mass is 32.1. The highest BCUT2D eigenvalue weighted by Crippen LogP contribution is 2.24. The zero-order valence-electron chi connectivity index (χ0n) is 14.7. The molecule has 5 nitrogen and oxygen atoms in total. The number of benzene rings is 1. The van der Waals surface area contributed by atoms with Gasteiger partial charge in [0, 0.05) is 39.6 Å². The SMILES string of the molecule is CC(=O)Nc1ccc(C(=O)N2CCCN(Cc3ccc(F)cc3)CC2)s1. The normalized spacial score (nSPS) is 15.5. The molecule has 0 unspecified atom stereocenters. The van der Waals surface area contributed by atoms with Crippen LogP contribution in [0.1, 0.15) is 28.6 Å². The maximum atomic E-state index is 13.0. The molecule has 0 spiro atoms. The van der Waals surface area contributed by atoms with Crippen LogP contribution in [0.15, 0.2) is 36.4 Å². The highest BCUT2D eigenvalue weighted by Gasteiger charge is 2.21. The molecule has 0 saturated carbocycles. The molecule has 2 aromatic rings. The van der Waals surface area contributed by atoms with Crippen molar-refractivity contribution in [3.8, 4) is 0 Å². The molecule has 0 bridgehead atoms. The topological polar surface area (TPSA) is 52.7 Å². The van der Waals surface area contributed by atoms with Crippen LogP contribution in [0.25, 0.3) is 0 Å². The summed E-state index contributed by atoms with van der Waals surface area (Å²) in [5, 5.41) is 3.40. The van der Waals surface area contributed by atoms with E-state index in [1.54, 1.807) is 24.3 Å². The van der Waals surface area contributed by atoms with Crippen molar-refractivity contribution in [1.29, 1.82) is 0 Å². The van der Waals surface area contributed by atoms with Gasteiger partial charge in [0.25, 0.3) is 5.91 Å². The number of hydrogen-bond donors (Lipinski definition) is 1. The van der Waals surface area contributed by atoms with Crippen molar-refractivity contribution in [2.24, 2.45) is 0 Å². The number of nitrogens with one attached hydrogen (secondary N) is 1. The van der Waals surface area contributed by atoms with Gasteiger partial charge in [-0.15, -0.1) is 11.3 Å². The van der Waals surface area contributed by atoms with Gasteiger partial charge in [-0.05, 0) is 36.2 Å². The van der Waals surface area contributed by atoms with E-state index in [0.29, 0.717) is 23.0 Å². The van der Waals surface area contributed by atoms with E-state index in [1.165, 1.54) is 30.4 Å². The molecule has 26 heavy (non-hydrogen) atoms. The molecule has 1 aromatic carbocycles. The van der Waals surface area contributed by atoms with Gasteiger partial charge in [-0.25, -0.2) is 4.39 Å². The Morgan fingerprint density at radius 2 is 1.85 bits per heavy atom. The van der Waals surface area contributed by atoms with E-state index in [1.807, 2.05) is 4.90 Å². The van der Waals surface area contributed by atoms with Crippen molar-refractivity contribution in [3.05, 3.63) is 52.7 Å². The van der Waals surface area contributed by atoms with E-state index >= 15 is 0 Å². The number of carbonyl (C=O) groups excluding carboxylic acids is 2. The first-order valence-corrected chi connectivity index (χ1v) is 9.46. The number of carbonyl (C=O) groups is 2. The summed E-state index contributed by atoms with van der Waals surface area (Å²) in [5.41, 5.74) is 1.07. The third-order valence-corrected chi connectivity index (χ3v) is 5.30. The number of halogens is 1. The third kappa shape index (κ3) is 4.89. The fourth-order valence-electron chi connectivity index (χ4n) is 3.03. The van der Waals surface area contributed by atoms with E-state index in [0.717, 1.165) is 31.6 Å². The van der Waals surface area contributed by atoms with Crippen molar-refractivity contribution in [2.45, 2.75) is 19.9 Å². The van der Waals surface area contributed by atoms with E-state index in [9.17, 15) is 14.0 Å². The predicted molar refractivity (Wildman–Crippen MR) is 101 cm³/mol. The van der Waals surface area contributed by atoms with Crippen LogP contribution < -0.4 is 5.32 Å². The lowest BCUT2D eigenvalue weighted by Gasteiger charge is -2.21. The first kappa shape index (κ1) is 18.5. The second-order valence-electron chi connectivity index (χ2n) is 6.39. The standard InChI is InChI=1S/C19H22FN3O2S/c1-14(24)21-18-8-7-17(26-18)19(25)23-10-2-9-22(11-12-23)13-15-3-5-16(20)6-4-15/h3-8H,2,9-13H2,1H3,(H,21,24). The number of anilines is 1. The summed E-state index contributed by atoms with van der Waals surface area (Å²) >= 11 is 1.30. The summed E-state index contributed by atoms with van der Waals surface area (Å²) in [6, 6.07) is 10.1. The second-order valence-corrected chi connectivity index (χ2v) is 7.48. The Morgan fingerprint density at radius 3 is 2.58 bits per heavy atom. The van der Waals surface area contributed by atoms with E-state index in [-0.39, 0.29) is 17.6 Å². The van der Waals surface area contributed by atoms with Crippen LogP contribution in [0.5, 0.6) is 0 Å². The van der Waals surface area contributed by atoms with Crippen molar-refractivity contribution in [3.63, 3.8) is 0 Å². The second kappa shape index (κ2) is 8.42. The minimum atomic E-state index is -0.226. The maximum absolute atomic E-state index is 13.0.